The summed E-state index contributed by atoms with van der Waals surface area (Å²) in [6.45, 7) is 4.37. The highest BCUT2D eigenvalue weighted by Crippen LogP contribution is 2.11. The van der Waals surface area contributed by atoms with Gasteiger partial charge in [-0.05, 0) is 18.1 Å². The summed E-state index contributed by atoms with van der Waals surface area (Å²) < 4.78 is 5.48. The molecule has 0 bridgehead atoms. The van der Waals surface area contributed by atoms with Crippen molar-refractivity contribution in [2.75, 3.05) is 25.0 Å². The third-order valence-corrected chi connectivity index (χ3v) is 3.75. The first-order valence-corrected chi connectivity index (χ1v) is 8.57. The van der Waals surface area contributed by atoms with Crippen LogP contribution in [0.15, 0.2) is 41.9 Å². The highest BCUT2D eigenvalue weighted by atomic mass is 32.1. The molecule has 2 rings (SSSR count). The van der Waals surface area contributed by atoms with E-state index in [4.69, 9.17) is 4.74 Å². The number of para-hydroxylation sites is 1. The van der Waals surface area contributed by atoms with Crippen molar-refractivity contribution in [1.82, 2.24) is 9.88 Å². The summed E-state index contributed by atoms with van der Waals surface area (Å²) in [7, 11) is 0. The fourth-order valence-electron chi connectivity index (χ4n) is 2.07. The largest absolute Gasteiger partial charge is 0.484 e. The lowest BCUT2D eigenvalue weighted by Crippen LogP contribution is -2.42. The number of aromatic nitrogens is 1. The lowest BCUT2D eigenvalue weighted by molar-refractivity contribution is -0.137. The minimum atomic E-state index is -0.265. The van der Waals surface area contributed by atoms with Crippen molar-refractivity contribution in [2.24, 2.45) is 5.92 Å². The number of nitrogens with zero attached hydrogens (tertiary/aromatic N) is 2. The number of carbonyl (C=O) groups excluding carboxylic acids is 2. The van der Waals surface area contributed by atoms with Gasteiger partial charge in [-0.1, -0.05) is 32.0 Å². The molecule has 1 aromatic carbocycles. The molecule has 0 saturated heterocycles. The van der Waals surface area contributed by atoms with Crippen LogP contribution in [0.1, 0.15) is 13.8 Å². The van der Waals surface area contributed by atoms with E-state index in [0.717, 1.165) is 0 Å². The standard InChI is InChI=1S/C17H21N3O3S/c1-13(2)10-20(11-15(21)19-17-18-8-9-24-17)16(22)12-23-14-6-4-3-5-7-14/h3-9,13H,10-12H2,1-2H3,(H,18,19,21). The Hall–Kier alpha value is -2.41. The smallest absolute Gasteiger partial charge is 0.260 e. The Labute approximate surface area is 145 Å². The summed E-state index contributed by atoms with van der Waals surface area (Å²) in [6, 6.07) is 9.13. The average Bonchev–Trinajstić information content (AvgIpc) is 3.05. The van der Waals surface area contributed by atoms with Gasteiger partial charge in [0.2, 0.25) is 5.91 Å². The normalized spacial score (nSPS) is 10.5. The molecule has 1 heterocycles. The van der Waals surface area contributed by atoms with Gasteiger partial charge in [-0.15, -0.1) is 11.3 Å². The maximum atomic E-state index is 12.4. The first-order chi connectivity index (χ1) is 11.5. The predicted octanol–water partition coefficient (Wildman–Crippen LogP) is 2.65. The first-order valence-electron chi connectivity index (χ1n) is 7.69. The van der Waals surface area contributed by atoms with Crippen molar-refractivity contribution < 1.29 is 14.3 Å². The van der Waals surface area contributed by atoms with Crippen LogP contribution in [0.4, 0.5) is 5.13 Å². The molecule has 0 radical (unpaired) electrons. The number of benzene rings is 1. The lowest BCUT2D eigenvalue weighted by Gasteiger charge is -2.24. The van der Waals surface area contributed by atoms with Gasteiger partial charge in [-0.3, -0.25) is 9.59 Å². The summed E-state index contributed by atoms with van der Waals surface area (Å²) >= 11 is 1.34. The highest BCUT2D eigenvalue weighted by molar-refractivity contribution is 7.13. The predicted molar refractivity (Wildman–Crippen MR) is 94.1 cm³/mol. The molecule has 6 nitrogen and oxygen atoms in total. The minimum absolute atomic E-state index is 0.0191. The third kappa shape index (κ3) is 6.00. The zero-order chi connectivity index (χ0) is 17.4. The van der Waals surface area contributed by atoms with E-state index in [-0.39, 0.29) is 30.9 Å². The maximum absolute atomic E-state index is 12.4. The molecule has 0 aliphatic rings. The van der Waals surface area contributed by atoms with Crippen molar-refractivity contribution in [1.29, 1.82) is 0 Å². The fraction of sp³-hybridized carbons (Fsp3) is 0.353. The van der Waals surface area contributed by atoms with Gasteiger partial charge in [0, 0.05) is 18.1 Å². The second-order valence-corrected chi connectivity index (χ2v) is 6.55. The van der Waals surface area contributed by atoms with Gasteiger partial charge in [-0.25, -0.2) is 4.98 Å². The van der Waals surface area contributed by atoms with Crippen molar-refractivity contribution in [3.05, 3.63) is 41.9 Å². The molecule has 1 aromatic heterocycles. The van der Waals surface area contributed by atoms with Crippen molar-refractivity contribution >= 4 is 28.3 Å². The number of hydrogen-bond donors (Lipinski definition) is 1. The van der Waals surface area contributed by atoms with Gasteiger partial charge in [0.05, 0.1) is 0 Å². The zero-order valence-electron chi connectivity index (χ0n) is 13.8. The van der Waals surface area contributed by atoms with Crippen LogP contribution in [0.3, 0.4) is 0 Å². The van der Waals surface area contributed by atoms with Gasteiger partial charge in [0.25, 0.3) is 5.91 Å². The molecule has 0 unspecified atom stereocenters. The number of rotatable bonds is 8. The van der Waals surface area contributed by atoms with E-state index in [2.05, 4.69) is 10.3 Å². The molecule has 0 aliphatic heterocycles. The lowest BCUT2D eigenvalue weighted by atomic mass is 10.2. The Kier molecular flexibility index (Phi) is 6.74. The molecule has 0 atom stereocenters. The maximum Gasteiger partial charge on any atom is 0.260 e. The van der Waals surface area contributed by atoms with E-state index >= 15 is 0 Å². The minimum Gasteiger partial charge on any atom is -0.484 e. The first kappa shape index (κ1) is 17.9. The van der Waals surface area contributed by atoms with Crippen LogP contribution in [-0.2, 0) is 9.59 Å². The summed E-state index contributed by atoms with van der Waals surface area (Å²) in [5.41, 5.74) is 0. The zero-order valence-corrected chi connectivity index (χ0v) is 14.6. The highest BCUT2D eigenvalue weighted by Gasteiger charge is 2.19. The second-order valence-electron chi connectivity index (χ2n) is 5.66. The second kappa shape index (κ2) is 9.02. The summed E-state index contributed by atoms with van der Waals surface area (Å²) in [5, 5.41) is 4.99. The molecule has 1 N–H and O–H groups in total. The molecule has 0 aliphatic carbocycles. The van der Waals surface area contributed by atoms with E-state index in [9.17, 15) is 9.59 Å². The van der Waals surface area contributed by atoms with Crippen LogP contribution in [0.25, 0.3) is 0 Å². The Morgan fingerprint density at radius 1 is 1.29 bits per heavy atom. The fourth-order valence-corrected chi connectivity index (χ4v) is 2.61. The van der Waals surface area contributed by atoms with Gasteiger partial charge in [-0.2, -0.15) is 0 Å². The van der Waals surface area contributed by atoms with Crippen molar-refractivity contribution in [3.63, 3.8) is 0 Å². The molecule has 0 saturated carbocycles. The van der Waals surface area contributed by atoms with Crippen LogP contribution in [0.2, 0.25) is 0 Å². The van der Waals surface area contributed by atoms with Crippen LogP contribution >= 0.6 is 11.3 Å². The van der Waals surface area contributed by atoms with Crippen LogP contribution in [0, 0.1) is 5.92 Å². The van der Waals surface area contributed by atoms with Gasteiger partial charge in [0.1, 0.15) is 12.3 Å². The van der Waals surface area contributed by atoms with Crippen molar-refractivity contribution in [2.45, 2.75) is 13.8 Å². The van der Waals surface area contributed by atoms with E-state index in [1.807, 2.05) is 32.0 Å². The topological polar surface area (TPSA) is 71.5 Å². The average molecular weight is 347 g/mol. The molecule has 24 heavy (non-hydrogen) atoms. The molecule has 0 spiro atoms. The SMILES string of the molecule is CC(C)CN(CC(=O)Nc1nccs1)C(=O)COc1ccccc1. The molecule has 128 valence electrons. The molecule has 0 fully saturated rings. The van der Waals surface area contributed by atoms with Crippen LogP contribution in [0.5, 0.6) is 5.75 Å². The summed E-state index contributed by atoms with van der Waals surface area (Å²) in [6.07, 6.45) is 1.62. The van der Waals surface area contributed by atoms with E-state index < -0.39 is 0 Å². The Bertz CT molecular complexity index is 644. The Balaban J connectivity index is 1.90. The van der Waals surface area contributed by atoms with E-state index in [0.29, 0.717) is 17.4 Å². The Morgan fingerprint density at radius 2 is 2.04 bits per heavy atom. The number of ether oxygens (including phenoxy) is 1. The number of carbonyl (C=O) groups is 2. The van der Waals surface area contributed by atoms with Crippen LogP contribution in [-0.4, -0.2) is 41.4 Å². The van der Waals surface area contributed by atoms with Crippen LogP contribution < -0.4 is 10.1 Å². The number of anilines is 1. The number of hydrogen-bond acceptors (Lipinski definition) is 5. The van der Waals surface area contributed by atoms with E-state index in [1.165, 1.54) is 16.2 Å². The summed E-state index contributed by atoms with van der Waals surface area (Å²) in [4.78, 5) is 30.0. The molecular formula is C17H21N3O3S. The van der Waals surface area contributed by atoms with E-state index in [1.54, 1.807) is 23.7 Å². The third-order valence-electron chi connectivity index (χ3n) is 3.06. The van der Waals surface area contributed by atoms with Gasteiger partial charge < -0.3 is 15.0 Å². The molecular weight excluding hydrogens is 326 g/mol. The van der Waals surface area contributed by atoms with Gasteiger partial charge in [0.15, 0.2) is 11.7 Å². The monoisotopic (exact) mass is 347 g/mol. The quantitative estimate of drug-likeness (QED) is 0.797. The molecule has 2 amide bonds. The Morgan fingerprint density at radius 3 is 2.67 bits per heavy atom. The number of nitrogens with one attached hydrogen (secondary N) is 1. The molecule has 7 heteroatoms. The number of amides is 2. The molecule has 2 aromatic rings. The summed E-state index contributed by atoms with van der Waals surface area (Å²) in [5.74, 6) is 0.390. The van der Waals surface area contributed by atoms with Gasteiger partial charge >= 0.3 is 0 Å². The van der Waals surface area contributed by atoms with Crippen molar-refractivity contribution in [3.8, 4) is 5.75 Å². The number of thiazole rings is 1.